The van der Waals surface area contributed by atoms with Gasteiger partial charge in [0, 0.05) is 24.7 Å². The van der Waals surface area contributed by atoms with Crippen LogP contribution in [0.3, 0.4) is 0 Å². The molecule has 0 bridgehead atoms. The highest BCUT2D eigenvalue weighted by Crippen LogP contribution is 2.51. The smallest absolute Gasteiger partial charge is 0.349 e. The molecular weight excluding hydrogens is 1090 g/mol. The molecule has 10 rings (SSSR count). The summed E-state index contributed by atoms with van der Waals surface area (Å²) in [6.07, 6.45) is -1.02. The number of methoxy groups -OCH3 is 2. The van der Waals surface area contributed by atoms with Crippen molar-refractivity contribution >= 4 is 54.4 Å². The normalized spacial score (nSPS) is 15.5. The Morgan fingerprint density at radius 2 is 1.06 bits per heavy atom. The summed E-state index contributed by atoms with van der Waals surface area (Å²) in [6, 6.07) is 61.8. The van der Waals surface area contributed by atoms with Gasteiger partial charge in [-0.2, -0.15) is 14.4 Å². The predicted octanol–water partition coefficient (Wildman–Crippen LogP) is 13.6. The lowest BCUT2D eigenvalue weighted by atomic mass is 9.80. The molecule has 17 nitrogen and oxygen atoms in total. The number of ether oxygens (including phenoxy) is 4. The third-order valence-electron chi connectivity index (χ3n) is 14.8. The lowest BCUT2D eigenvalue weighted by Gasteiger charge is -2.39. The highest BCUT2D eigenvalue weighted by atomic mass is 31.2. The Kier molecular flexibility index (Phi) is 18.6. The van der Waals surface area contributed by atoms with Crippen LogP contribution in [0.4, 0.5) is 32.3 Å². The zero-order chi connectivity index (χ0) is 59.6. The van der Waals surface area contributed by atoms with Crippen LogP contribution in [0.15, 0.2) is 222 Å². The number of rotatable bonds is 21. The van der Waals surface area contributed by atoms with Crippen LogP contribution in [0.1, 0.15) is 63.5 Å². The van der Waals surface area contributed by atoms with Gasteiger partial charge >= 0.3 is 17.8 Å². The Bertz CT molecular complexity index is 3730. The van der Waals surface area contributed by atoms with Gasteiger partial charge < -0.3 is 32.6 Å². The Morgan fingerprint density at radius 1 is 0.624 bits per heavy atom. The Hall–Kier alpha value is -8.98. The second-order valence-corrected chi connectivity index (χ2v) is 22.1. The molecule has 3 heterocycles. The average molecular weight is 1160 g/mol. The van der Waals surface area contributed by atoms with Crippen LogP contribution in [0, 0.1) is 11.3 Å². The first-order valence-electron chi connectivity index (χ1n) is 28.0. The topological polar surface area (TPSA) is 172 Å². The van der Waals surface area contributed by atoms with E-state index in [1.807, 2.05) is 119 Å². The van der Waals surface area contributed by atoms with Crippen molar-refractivity contribution in [3.8, 4) is 17.6 Å². The van der Waals surface area contributed by atoms with E-state index in [1.165, 1.54) is 15.9 Å². The number of hydrogen-bond donors (Lipinski definition) is 0. The van der Waals surface area contributed by atoms with E-state index in [-0.39, 0.29) is 49.2 Å². The quantitative estimate of drug-likeness (QED) is 0.0379. The second-order valence-electron chi connectivity index (χ2n) is 20.7. The molecule has 1 saturated heterocycles. The van der Waals surface area contributed by atoms with E-state index in [4.69, 9.17) is 28.0 Å². The number of carbonyl (C=O) groups is 2. The number of benzene rings is 7. The maximum absolute atomic E-state index is 16.0. The lowest BCUT2D eigenvalue weighted by molar-refractivity contribution is -0.0911. The molecule has 2 aromatic heterocycles. The van der Waals surface area contributed by atoms with Crippen LogP contribution < -0.4 is 30.5 Å². The van der Waals surface area contributed by atoms with Crippen molar-refractivity contribution in [2.45, 2.75) is 76.7 Å². The lowest BCUT2D eigenvalue weighted by Crippen LogP contribution is -2.51. The van der Waals surface area contributed by atoms with Crippen molar-refractivity contribution in [3.63, 3.8) is 0 Å². The Balaban J connectivity index is 1.17. The summed E-state index contributed by atoms with van der Waals surface area (Å²) in [7, 11) is 1.33. The van der Waals surface area contributed by atoms with Crippen molar-refractivity contribution in [3.05, 3.63) is 250 Å². The molecule has 0 spiro atoms. The minimum atomic E-state index is -1.89. The maximum Gasteiger partial charge on any atom is 0.349 e. The molecule has 4 atom stereocenters. The number of nitriles is 1. The predicted molar refractivity (Wildman–Crippen MR) is 329 cm³/mol. The molecule has 85 heavy (non-hydrogen) atoms. The molecule has 9 aromatic rings. The fourth-order valence-corrected chi connectivity index (χ4v) is 12.6. The van der Waals surface area contributed by atoms with E-state index in [2.05, 4.69) is 10.7 Å². The standard InChI is InChI=1S/C67H66N7O10P/c1-47(2)74(48(3)4)85(82-44-22-42-68)84-59-45-61(83-60(59)46-81-67(49-23-12-7-13-24-49,50-33-37-56(79-5)38-34-50)51-35-39-57(80-6)40-36-51)69-43-41-58-62(69)72(64(76)70(52-25-14-8-15-26-52)53-27-16-9-17-28-53)66(78)73(63(58)75)65(77)71(54-29-18-10-19-30-54)55-31-20-11-21-32-55/h7-21,23-41,43,47-48,59-61H,22,44-46H2,1-6H3/t59-,60+,61+,85?/m0/s1. The van der Waals surface area contributed by atoms with Gasteiger partial charge in [-0.25, -0.2) is 19.1 Å². The van der Waals surface area contributed by atoms with E-state index in [1.54, 1.807) is 134 Å². The van der Waals surface area contributed by atoms with Crippen LogP contribution in [-0.2, 0) is 24.1 Å². The first kappa shape index (κ1) is 59.2. The number of hydrogen-bond acceptors (Lipinski definition) is 12. The van der Waals surface area contributed by atoms with Crippen LogP contribution in [0.5, 0.6) is 11.5 Å². The van der Waals surface area contributed by atoms with Gasteiger partial charge in [-0.3, -0.25) is 14.6 Å². The molecule has 434 valence electrons. The van der Waals surface area contributed by atoms with Gasteiger partial charge in [-0.05, 0) is 123 Å². The summed E-state index contributed by atoms with van der Waals surface area (Å²) in [5, 5.41) is 9.57. The van der Waals surface area contributed by atoms with Gasteiger partial charge in [0.15, 0.2) is 0 Å². The molecule has 1 fully saturated rings. The molecule has 0 N–H and O–H groups in total. The molecule has 1 aliphatic heterocycles. The third kappa shape index (κ3) is 12.2. The number of aromatic nitrogens is 3. The number of fused-ring (bicyclic) bond motifs is 1. The molecule has 7 aromatic carbocycles. The third-order valence-corrected chi connectivity index (χ3v) is 16.9. The first-order chi connectivity index (χ1) is 41.4. The van der Waals surface area contributed by atoms with Gasteiger partial charge in [-0.1, -0.05) is 127 Å². The summed E-state index contributed by atoms with van der Waals surface area (Å²) < 4.78 is 44.8. The number of carbonyl (C=O) groups excluding carboxylic acids is 2. The number of para-hydroxylation sites is 4. The molecule has 0 saturated carbocycles. The highest BCUT2D eigenvalue weighted by molar-refractivity contribution is 7.44. The molecule has 2 amide bonds. The Labute approximate surface area is 494 Å². The largest absolute Gasteiger partial charge is 0.497 e. The van der Waals surface area contributed by atoms with Gasteiger partial charge in [0.2, 0.25) is 0 Å². The zero-order valence-corrected chi connectivity index (χ0v) is 49.0. The van der Waals surface area contributed by atoms with Gasteiger partial charge in [-0.15, -0.1) is 0 Å². The summed E-state index contributed by atoms with van der Waals surface area (Å²) in [4.78, 5) is 65.3. The summed E-state index contributed by atoms with van der Waals surface area (Å²) >= 11 is 0. The summed E-state index contributed by atoms with van der Waals surface area (Å²) in [5.41, 5.74) is 0.271. The van der Waals surface area contributed by atoms with E-state index in [9.17, 15) is 5.26 Å². The molecular formula is C67H66N7O10P. The van der Waals surface area contributed by atoms with Gasteiger partial charge in [0.1, 0.15) is 35.1 Å². The molecule has 0 radical (unpaired) electrons. The number of anilines is 4. The van der Waals surface area contributed by atoms with Crippen molar-refractivity contribution in [2.24, 2.45) is 0 Å². The minimum absolute atomic E-state index is 0.0625. The van der Waals surface area contributed by atoms with Crippen LogP contribution in [0.25, 0.3) is 11.0 Å². The Morgan fingerprint density at radius 3 is 1.49 bits per heavy atom. The average Bonchev–Trinajstić information content (AvgIpc) is 1.84. The van der Waals surface area contributed by atoms with E-state index < -0.39 is 55.9 Å². The summed E-state index contributed by atoms with van der Waals surface area (Å²) in [5.74, 6) is 1.29. The van der Waals surface area contributed by atoms with Crippen molar-refractivity contribution < 1.29 is 37.6 Å². The molecule has 1 unspecified atom stereocenters. The molecule has 18 heteroatoms. The fraction of sp³-hybridized carbons (Fsp3) is 0.239. The monoisotopic (exact) mass is 1160 g/mol. The van der Waals surface area contributed by atoms with E-state index in [0.29, 0.717) is 38.8 Å². The first-order valence-corrected chi connectivity index (χ1v) is 29.2. The highest BCUT2D eigenvalue weighted by Gasteiger charge is 2.46. The SMILES string of the molecule is COc1ccc(C(OC[C@H]2O[C@@H](n3ccc4c(=O)n(C(=O)N(c5ccccc5)c5ccccc5)c(=O)n(C(=O)N(c5ccccc5)c5ccccc5)c43)C[C@@H]2OP(OCCC#N)N(C(C)C)C(C)C)(c2ccccc2)c2ccc(OC)cc2)cc1. The van der Waals surface area contributed by atoms with Gasteiger partial charge in [0.05, 0.1) is 74.2 Å². The van der Waals surface area contributed by atoms with Crippen molar-refractivity contribution in [1.82, 2.24) is 18.4 Å². The summed E-state index contributed by atoms with van der Waals surface area (Å²) in [6.45, 7) is 8.17. The van der Waals surface area contributed by atoms with Crippen molar-refractivity contribution in [1.29, 1.82) is 5.26 Å². The number of amides is 2. The van der Waals surface area contributed by atoms with Crippen LogP contribution in [0.2, 0.25) is 0 Å². The second kappa shape index (κ2) is 26.7. The number of nitrogens with zero attached hydrogens (tertiary/aromatic N) is 7. The van der Waals surface area contributed by atoms with Crippen LogP contribution >= 0.6 is 8.53 Å². The van der Waals surface area contributed by atoms with E-state index >= 15 is 19.2 Å². The minimum Gasteiger partial charge on any atom is -0.497 e. The zero-order valence-electron chi connectivity index (χ0n) is 48.1. The van der Waals surface area contributed by atoms with Crippen LogP contribution in [-0.4, -0.2) is 82.2 Å². The van der Waals surface area contributed by atoms with Gasteiger partial charge in [0.25, 0.3) is 14.1 Å². The molecule has 1 aliphatic rings. The maximum atomic E-state index is 16.0. The molecule has 0 aliphatic carbocycles. The van der Waals surface area contributed by atoms with Crippen molar-refractivity contribution in [2.75, 3.05) is 37.2 Å². The fourth-order valence-electron chi connectivity index (χ4n) is 10.9. The van der Waals surface area contributed by atoms with E-state index in [0.717, 1.165) is 21.3 Å².